The molecule has 1 unspecified atom stereocenters. The van der Waals surface area contributed by atoms with E-state index in [1.165, 1.54) is 0 Å². The fraction of sp³-hybridized carbons (Fsp3) is 0.786. The Labute approximate surface area is 112 Å². The molecule has 0 aromatic rings. The van der Waals surface area contributed by atoms with Gasteiger partial charge in [0, 0.05) is 6.08 Å². The molecule has 1 aliphatic rings. The molecule has 0 saturated heterocycles. The average molecular weight is 278 g/mol. The lowest BCUT2D eigenvalue weighted by atomic mass is 9.75. The molecule has 5 heteroatoms. The first-order valence-corrected chi connectivity index (χ1v) is 6.65. The Balaban J connectivity index is 2.58. The van der Waals surface area contributed by atoms with Crippen LogP contribution in [0.1, 0.15) is 40.0 Å². The van der Waals surface area contributed by atoms with E-state index < -0.39 is 12.0 Å². The highest BCUT2D eigenvalue weighted by Crippen LogP contribution is 2.35. The van der Waals surface area contributed by atoms with Crippen LogP contribution >= 0.6 is 0 Å². The van der Waals surface area contributed by atoms with Gasteiger partial charge in [-0.3, -0.25) is 4.79 Å². The minimum absolute atomic E-state index is 0.0963. The van der Waals surface area contributed by atoms with Gasteiger partial charge in [-0.25, -0.2) is 0 Å². The third-order valence-electron chi connectivity index (χ3n) is 3.71. The minimum atomic E-state index is -4.82. The van der Waals surface area contributed by atoms with Crippen molar-refractivity contribution < 1.29 is 22.7 Å². The van der Waals surface area contributed by atoms with Gasteiger partial charge in [-0.2, -0.15) is 13.2 Å². The van der Waals surface area contributed by atoms with E-state index in [4.69, 9.17) is 4.74 Å². The van der Waals surface area contributed by atoms with E-state index in [1.54, 1.807) is 0 Å². The summed E-state index contributed by atoms with van der Waals surface area (Å²) in [5.74, 6) is -0.616. The van der Waals surface area contributed by atoms with Crippen LogP contribution in [0.4, 0.5) is 13.2 Å². The number of halogens is 3. The van der Waals surface area contributed by atoms with Crippen LogP contribution in [0.2, 0.25) is 0 Å². The Bertz CT molecular complexity index is 334. The van der Waals surface area contributed by atoms with Gasteiger partial charge in [-0.1, -0.05) is 27.2 Å². The predicted molar refractivity (Wildman–Crippen MR) is 66.4 cm³/mol. The number of hydrogen-bond donors (Lipinski definition) is 0. The summed E-state index contributed by atoms with van der Waals surface area (Å²) in [6.45, 7) is 6.28. The van der Waals surface area contributed by atoms with Crippen molar-refractivity contribution in [3.63, 3.8) is 0 Å². The van der Waals surface area contributed by atoms with E-state index in [0.29, 0.717) is 23.8 Å². The topological polar surface area (TPSA) is 26.3 Å². The number of alkyl halides is 3. The first-order chi connectivity index (χ1) is 8.71. The van der Waals surface area contributed by atoms with Crippen molar-refractivity contribution in [1.29, 1.82) is 0 Å². The number of allylic oxidation sites excluding steroid dienone is 1. The van der Waals surface area contributed by atoms with Gasteiger partial charge in [-0.15, -0.1) is 0 Å². The second-order valence-electron chi connectivity index (χ2n) is 5.67. The zero-order valence-electron chi connectivity index (χ0n) is 11.5. The molecule has 0 amide bonds. The smallest absolute Gasteiger partial charge is 0.454 e. The van der Waals surface area contributed by atoms with Gasteiger partial charge >= 0.3 is 6.18 Å². The third-order valence-corrected chi connectivity index (χ3v) is 3.71. The minimum Gasteiger partial charge on any atom is -0.498 e. The van der Waals surface area contributed by atoms with Crippen LogP contribution in [0, 0.1) is 17.8 Å². The molecule has 1 saturated carbocycles. The lowest BCUT2D eigenvalue weighted by molar-refractivity contribution is -0.165. The quantitative estimate of drug-likeness (QED) is 0.571. The largest absolute Gasteiger partial charge is 0.498 e. The molecule has 2 nitrogen and oxygen atoms in total. The van der Waals surface area contributed by atoms with Crippen molar-refractivity contribution in [2.75, 3.05) is 0 Å². The first kappa shape index (κ1) is 16.1. The van der Waals surface area contributed by atoms with Crippen molar-refractivity contribution in [2.24, 2.45) is 17.8 Å². The fourth-order valence-electron chi connectivity index (χ4n) is 2.57. The normalized spacial score (nSPS) is 28.9. The average Bonchev–Trinajstić information content (AvgIpc) is 2.27. The van der Waals surface area contributed by atoms with Gasteiger partial charge in [0.15, 0.2) is 0 Å². The van der Waals surface area contributed by atoms with Crippen molar-refractivity contribution in [1.82, 2.24) is 0 Å². The Hall–Kier alpha value is -1.00. The molecular formula is C14H21F3O2. The summed E-state index contributed by atoms with van der Waals surface area (Å²) in [5.41, 5.74) is 0. The van der Waals surface area contributed by atoms with Crippen molar-refractivity contribution in [3.05, 3.63) is 12.3 Å². The van der Waals surface area contributed by atoms with Crippen molar-refractivity contribution in [2.45, 2.75) is 52.3 Å². The highest BCUT2D eigenvalue weighted by Gasteiger charge is 2.36. The number of hydrogen-bond acceptors (Lipinski definition) is 2. The van der Waals surface area contributed by atoms with Gasteiger partial charge in [0.1, 0.15) is 6.10 Å². The van der Waals surface area contributed by atoms with E-state index in [1.807, 2.05) is 0 Å². The highest BCUT2D eigenvalue weighted by molar-refractivity contribution is 5.94. The molecule has 0 bridgehead atoms. The molecule has 3 atom stereocenters. The van der Waals surface area contributed by atoms with Crippen LogP contribution < -0.4 is 0 Å². The second kappa shape index (κ2) is 6.44. The number of carbonyl (C=O) groups is 1. The zero-order valence-corrected chi connectivity index (χ0v) is 11.5. The summed E-state index contributed by atoms with van der Waals surface area (Å²) in [5, 5.41) is 0. The number of ether oxygens (including phenoxy) is 1. The first-order valence-electron chi connectivity index (χ1n) is 6.65. The molecule has 0 aromatic carbocycles. The predicted octanol–water partition coefficient (Wildman–Crippen LogP) is 4.11. The Morgan fingerprint density at radius 2 is 1.95 bits per heavy atom. The molecule has 19 heavy (non-hydrogen) atoms. The van der Waals surface area contributed by atoms with Crippen molar-refractivity contribution in [3.8, 4) is 0 Å². The van der Waals surface area contributed by atoms with Crippen LogP contribution in [0.15, 0.2) is 12.3 Å². The van der Waals surface area contributed by atoms with Gasteiger partial charge < -0.3 is 4.74 Å². The Morgan fingerprint density at radius 1 is 1.32 bits per heavy atom. The van der Waals surface area contributed by atoms with Crippen LogP contribution in [-0.4, -0.2) is 18.1 Å². The summed E-state index contributed by atoms with van der Waals surface area (Å²) < 4.78 is 41.5. The van der Waals surface area contributed by atoms with E-state index >= 15 is 0 Å². The monoisotopic (exact) mass is 278 g/mol. The Morgan fingerprint density at radius 3 is 2.47 bits per heavy atom. The van der Waals surface area contributed by atoms with Crippen LogP contribution in [-0.2, 0) is 9.53 Å². The number of ketones is 1. The van der Waals surface area contributed by atoms with Gasteiger partial charge in [0.2, 0.25) is 0 Å². The van der Waals surface area contributed by atoms with Crippen molar-refractivity contribution >= 4 is 5.78 Å². The molecule has 0 N–H and O–H groups in total. The maximum Gasteiger partial charge on any atom is 0.454 e. The molecule has 0 spiro atoms. The third kappa shape index (κ3) is 4.88. The molecule has 1 aliphatic carbocycles. The van der Waals surface area contributed by atoms with Gasteiger partial charge in [0.25, 0.3) is 5.78 Å². The maximum atomic E-state index is 12.0. The summed E-state index contributed by atoms with van der Waals surface area (Å²) in [6.07, 6.45) is -0.575. The summed E-state index contributed by atoms with van der Waals surface area (Å²) in [7, 11) is 0. The van der Waals surface area contributed by atoms with E-state index in [-0.39, 0.29) is 6.10 Å². The molecule has 0 heterocycles. The molecule has 0 aromatic heterocycles. The molecule has 1 fully saturated rings. The second-order valence-corrected chi connectivity index (χ2v) is 5.67. The SMILES string of the molecule is CC(C)[C@@H]1CC[C@@H](C)CC1O/C=C/C(=O)C(F)(F)F. The van der Waals surface area contributed by atoms with E-state index in [9.17, 15) is 18.0 Å². The molecular weight excluding hydrogens is 257 g/mol. The van der Waals surface area contributed by atoms with E-state index in [2.05, 4.69) is 20.8 Å². The lowest BCUT2D eigenvalue weighted by Gasteiger charge is -2.36. The molecule has 1 rings (SSSR count). The summed E-state index contributed by atoms with van der Waals surface area (Å²) in [6, 6.07) is 0. The highest BCUT2D eigenvalue weighted by atomic mass is 19.4. The maximum absolute atomic E-state index is 12.0. The van der Waals surface area contributed by atoms with Gasteiger partial charge in [0.05, 0.1) is 6.26 Å². The van der Waals surface area contributed by atoms with Crippen LogP contribution in [0.3, 0.4) is 0 Å². The number of rotatable bonds is 4. The summed E-state index contributed by atoms with van der Waals surface area (Å²) >= 11 is 0. The van der Waals surface area contributed by atoms with Crippen LogP contribution in [0.25, 0.3) is 0 Å². The fourth-order valence-corrected chi connectivity index (χ4v) is 2.57. The van der Waals surface area contributed by atoms with Gasteiger partial charge in [-0.05, 0) is 30.6 Å². The summed E-state index contributed by atoms with van der Waals surface area (Å²) in [4.78, 5) is 10.7. The van der Waals surface area contributed by atoms with Crippen LogP contribution in [0.5, 0.6) is 0 Å². The zero-order chi connectivity index (χ0) is 14.6. The Kier molecular flexibility index (Phi) is 5.44. The lowest BCUT2D eigenvalue weighted by Crippen LogP contribution is -2.33. The molecule has 110 valence electrons. The standard InChI is InChI=1S/C14H21F3O2/c1-9(2)11-5-4-10(3)8-12(11)19-7-6-13(18)14(15,16)17/h6-7,9-12H,4-5,8H2,1-3H3/b7-6+/t10-,11+,12?/m1/s1. The van der Waals surface area contributed by atoms with E-state index in [0.717, 1.165) is 25.5 Å². The molecule has 0 aliphatic heterocycles. The molecule has 0 radical (unpaired) electrons. The number of carbonyl (C=O) groups excluding carboxylic acids is 1.